The van der Waals surface area contributed by atoms with Crippen molar-refractivity contribution in [1.29, 1.82) is 0 Å². The van der Waals surface area contributed by atoms with Crippen LogP contribution in [0.3, 0.4) is 0 Å². The van der Waals surface area contributed by atoms with E-state index in [0.717, 1.165) is 50.0 Å². The molecule has 0 amide bonds. The molecule has 134 valence electrons. The zero-order chi connectivity index (χ0) is 18.2. The molecule has 6 N–H and O–H groups in total. The topological polar surface area (TPSA) is 144 Å². The van der Waals surface area contributed by atoms with E-state index in [-0.39, 0.29) is 0 Å². The lowest BCUT2D eigenvalue weighted by molar-refractivity contribution is -0.192. The first kappa shape index (κ1) is 19.6. The number of fused-ring (bicyclic) bond motifs is 1. The Kier molecular flexibility index (Phi) is 7.36. The number of aromatic nitrogens is 4. The van der Waals surface area contributed by atoms with Gasteiger partial charge in [-0.15, -0.1) is 0 Å². The summed E-state index contributed by atoms with van der Waals surface area (Å²) >= 11 is 0. The number of H-pyrrole nitrogens is 1. The second-order valence-corrected chi connectivity index (χ2v) is 4.88. The maximum Gasteiger partial charge on any atom is 0.490 e. The lowest BCUT2D eigenvalue weighted by Gasteiger charge is -2.02. The Morgan fingerprint density at radius 1 is 1.21 bits per heavy atom. The third-order valence-corrected chi connectivity index (χ3v) is 2.96. The number of aryl methyl sites for hydroxylation is 1. The number of imidazole rings is 1. The molecule has 2 aromatic rings. The highest BCUT2D eigenvalue weighted by Gasteiger charge is 2.38. The molecule has 0 aliphatic carbocycles. The molecule has 2 aromatic heterocycles. The molecule has 11 heteroatoms. The highest BCUT2D eigenvalue weighted by Crippen LogP contribution is 2.14. The maximum absolute atomic E-state index is 10.6. The van der Waals surface area contributed by atoms with E-state index in [4.69, 9.17) is 21.4 Å². The number of nitrogen functional groups attached to an aromatic ring is 1. The number of rotatable bonds is 6. The van der Waals surface area contributed by atoms with Crippen molar-refractivity contribution < 1.29 is 23.1 Å². The fourth-order valence-corrected chi connectivity index (χ4v) is 1.80. The molecular formula is C13H19F3N6O2. The molecular weight excluding hydrogens is 329 g/mol. The summed E-state index contributed by atoms with van der Waals surface area (Å²) in [6, 6.07) is 0. The van der Waals surface area contributed by atoms with E-state index in [1.807, 2.05) is 0 Å². The van der Waals surface area contributed by atoms with Crippen LogP contribution in [0.2, 0.25) is 0 Å². The molecule has 0 spiro atoms. The molecule has 0 saturated carbocycles. The first-order valence-corrected chi connectivity index (χ1v) is 7.21. The fourth-order valence-electron chi connectivity index (χ4n) is 1.80. The van der Waals surface area contributed by atoms with Crippen molar-refractivity contribution >= 4 is 23.0 Å². The van der Waals surface area contributed by atoms with E-state index >= 15 is 0 Å². The van der Waals surface area contributed by atoms with E-state index < -0.39 is 12.1 Å². The zero-order valence-corrected chi connectivity index (χ0v) is 12.8. The summed E-state index contributed by atoms with van der Waals surface area (Å²) in [5.41, 5.74) is 12.6. The SMILES string of the molecule is NCCCCCCc1nc(N)c2[nH]cnc2n1.O=C(O)C(F)(F)F. The Morgan fingerprint density at radius 3 is 2.42 bits per heavy atom. The average molecular weight is 348 g/mol. The van der Waals surface area contributed by atoms with Crippen LogP contribution in [0.1, 0.15) is 31.5 Å². The van der Waals surface area contributed by atoms with Gasteiger partial charge in [0.2, 0.25) is 0 Å². The third-order valence-electron chi connectivity index (χ3n) is 2.96. The van der Waals surface area contributed by atoms with Crippen LogP contribution in [-0.2, 0) is 11.2 Å². The number of anilines is 1. The van der Waals surface area contributed by atoms with Crippen LogP contribution in [0.15, 0.2) is 6.33 Å². The van der Waals surface area contributed by atoms with Crippen LogP contribution in [0.4, 0.5) is 19.0 Å². The molecule has 0 unspecified atom stereocenters. The van der Waals surface area contributed by atoms with Gasteiger partial charge in [-0.1, -0.05) is 12.8 Å². The van der Waals surface area contributed by atoms with Crippen molar-refractivity contribution in [2.45, 2.75) is 38.3 Å². The first-order valence-electron chi connectivity index (χ1n) is 7.21. The minimum absolute atomic E-state index is 0.476. The Labute approximate surface area is 135 Å². The van der Waals surface area contributed by atoms with Gasteiger partial charge in [0, 0.05) is 6.42 Å². The van der Waals surface area contributed by atoms with Crippen LogP contribution in [-0.4, -0.2) is 43.7 Å². The number of carboxylic acids is 1. The van der Waals surface area contributed by atoms with Gasteiger partial charge in [0.25, 0.3) is 0 Å². The van der Waals surface area contributed by atoms with E-state index in [2.05, 4.69) is 19.9 Å². The third kappa shape index (κ3) is 6.36. The summed E-state index contributed by atoms with van der Waals surface area (Å²) < 4.78 is 31.7. The number of nitrogens with one attached hydrogen (secondary N) is 1. The number of hydrogen-bond acceptors (Lipinski definition) is 6. The molecule has 0 atom stereocenters. The number of halogens is 3. The van der Waals surface area contributed by atoms with Gasteiger partial charge in [0.1, 0.15) is 11.3 Å². The second-order valence-electron chi connectivity index (χ2n) is 4.88. The number of carboxylic acid groups (broad SMARTS) is 1. The quantitative estimate of drug-likeness (QED) is 0.581. The smallest absolute Gasteiger partial charge is 0.475 e. The molecule has 0 aliphatic heterocycles. The van der Waals surface area contributed by atoms with E-state index in [0.29, 0.717) is 11.5 Å². The molecule has 8 nitrogen and oxygen atoms in total. The average Bonchev–Trinajstić information content (AvgIpc) is 2.95. The van der Waals surface area contributed by atoms with Crippen LogP contribution in [0, 0.1) is 0 Å². The summed E-state index contributed by atoms with van der Waals surface area (Å²) in [5.74, 6) is -1.51. The number of aliphatic carboxylic acids is 1. The van der Waals surface area contributed by atoms with E-state index in [1.165, 1.54) is 0 Å². The molecule has 0 fully saturated rings. The van der Waals surface area contributed by atoms with Crippen molar-refractivity contribution in [3.8, 4) is 0 Å². The molecule has 0 aromatic carbocycles. The van der Waals surface area contributed by atoms with Gasteiger partial charge in [-0.3, -0.25) is 0 Å². The minimum atomic E-state index is -5.08. The van der Waals surface area contributed by atoms with Crippen molar-refractivity contribution in [3.05, 3.63) is 12.2 Å². The van der Waals surface area contributed by atoms with Gasteiger partial charge < -0.3 is 21.6 Å². The molecule has 0 bridgehead atoms. The highest BCUT2D eigenvalue weighted by atomic mass is 19.4. The Bertz CT molecular complexity index is 659. The van der Waals surface area contributed by atoms with Gasteiger partial charge in [-0.25, -0.2) is 19.7 Å². The van der Waals surface area contributed by atoms with Gasteiger partial charge >= 0.3 is 12.1 Å². The van der Waals surface area contributed by atoms with Crippen molar-refractivity contribution in [2.75, 3.05) is 12.3 Å². The zero-order valence-electron chi connectivity index (χ0n) is 12.8. The van der Waals surface area contributed by atoms with Crippen molar-refractivity contribution in [2.24, 2.45) is 5.73 Å². The van der Waals surface area contributed by atoms with E-state index in [1.54, 1.807) is 6.33 Å². The molecule has 2 rings (SSSR count). The lowest BCUT2D eigenvalue weighted by Crippen LogP contribution is -2.21. The molecule has 0 saturated heterocycles. The van der Waals surface area contributed by atoms with Gasteiger partial charge in [0.05, 0.1) is 6.33 Å². The Hall–Kier alpha value is -2.43. The first-order chi connectivity index (χ1) is 11.3. The summed E-state index contributed by atoms with van der Waals surface area (Å²) in [7, 11) is 0. The molecule has 0 radical (unpaired) electrons. The standard InChI is InChI=1S/C11H18N6.C2HF3O2/c12-6-4-2-1-3-5-8-16-10(13)9-11(17-8)15-7-14-9;3-2(4,5)1(6)7/h7H,1-6,12H2,(H3,13,14,15,16,17);(H,6,7). The van der Waals surface area contributed by atoms with Crippen molar-refractivity contribution in [1.82, 2.24) is 19.9 Å². The number of unbranched alkanes of at least 4 members (excludes halogenated alkanes) is 3. The largest absolute Gasteiger partial charge is 0.490 e. The highest BCUT2D eigenvalue weighted by molar-refractivity contribution is 5.80. The predicted molar refractivity (Wildman–Crippen MR) is 81.0 cm³/mol. The van der Waals surface area contributed by atoms with Crippen molar-refractivity contribution in [3.63, 3.8) is 0 Å². The summed E-state index contributed by atoms with van der Waals surface area (Å²) in [6.07, 6.45) is 1.81. The molecule has 24 heavy (non-hydrogen) atoms. The molecule has 2 heterocycles. The maximum atomic E-state index is 10.6. The number of aromatic amines is 1. The second kappa shape index (κ2) is 9.01. The number of alkyl halides is 3. The van der Waals surface area contributed by atoms with E-state index in [9.17, 15) is 13.2 Å². The van der Waals surface area contributed by atoms with Crippen LogP contribution >= 0.6 is 0 Å². The molecule has 0 aliphatic rings. The number of nitrogens with zero attached hydrogens (tertiary/aromatic N) is 3. The lowest BCUT2D eigenvalue weighted by atomic mass is 10.1. The monoisotopic (exact) mass is 348 g/mol. The number of carbonyl (C=O) groups is 1. The summed E-state index contributed by atoms with van der Waals surface area (Å²) in [4.78, 5) is 24.5. The van der Waals surface area contributed by atoms with Gasteiger partial charge in [-0.05, 0) is 19.4 Å². The predicted octanol–water partition coefficient (Wildman–Crippen LogP) is 1.63. The number of hydrogen-bond donors (Lipinski definition) is 4. The fraction of sp³-hybridized carbons (Fsp3) is 0.538. The summed E-state index contributed by atoms with van der Waals surface area (Å²) in [5, 5.41) is 7.12. The minimum Gasteiger partial charge on any atom is -0.475 e. The summed E-state index contributed by atoms with van der Waals surface area (Å²) in [6.45, 7) is 0.767. The van der Waals surface area contributed by atoms with Gasteiger partial charge in [-0.2, -0.15) is 13.2 Å². The Morgan fingerprint density at radius 2 is 1.83 bits per heavy atom. The van der Waals surface area contributed by atoms with Crippen LogP contribution in [0.25, 0.3) is 11.2 Å². The normalized spacial score (nSPS) is 11.2. The van der Waals surface area contributed by atoms with Gasteiger partial charge in [0.15, 0.2) is 11.5 Å². The van der Waals surface area contributed by atoms with Crippen LogP contribution < -0.4 is 11.5 Å². The number of nitrogens with two attached hydrogens (primary N) is 2. The Balaban J connectivity index is 0.000000351. The van der Waals surface area contributed by atoms with Crippen LogP contribution in [0.5, 0.6) is 0 Å².